The summed E-state index contributed by atoms with van der Waals surface area (Å²) in [6, 6.07) is 4.04. The van der Waals surface area contributed by atoms with E-state index < -0.39 is 0 Å². The number of carbonyl (C=O) groups excluding carboxylic acids is 1. The van der Waals surface area contributed by atoms with Gasteiger partial charge < -0.3 is 14.2 Å². The Morgan fingerprint density at radius 3 is 2.72 bits per heavy atom. The third-order valence-corrected chi connectivity index (χ3v) is 5.53. The number of benzene rings is 1. The van der Waals surface area contributed by atoms with Crippen molar-refractivity contribution in [1.82, 2.24) is 0 Å². The summed E-state index contributed by atoms with van der Waals surface area (Å²) in [6.45, 7) is 5.46. The lowest BCUT2D eigenvalue weighted by Crippen LogP contribution is -2.37. The average molecular weight is 360 g/mol. The number of rotatable bonds is 6. The van der Waals surface area contributed by atoms with Gasteiger partial charge in [0, 0.05) is 10.8 Å². The van der Waals surface area contributed by atoms with E-state index in [2.05, 4.69) is 11.5 Å². The number of ether oxygens (including phenoxy) is 3. The first kappa shape index (κ1) is 16.5. The highest BCUT2D eigenvalue weighted by atomic mass is 32.2. The Kier molecular flexibility index (Phi) is 4.46. The first-order chi connectivity index (χ1) is 12.2. The molecule has 0 amide bonds. The molecule has 2 heterocycles. The van der Waals surface area contributed by atoms with E-state index in [4.69, 9.17) is 14.2 Å². The zero-order chi connectivity index (χ0) is 17.4. The SMILES string of the molecule is CCOC(=O)c1c[n+](CC2CC2)c2cc3c(cc2c1SCC)OCO3. The van der Waals surface area contributed by atoms with Crippen molar-refractivity contribution in [1.29, 1.82) is 0 Å². The molecular formula is C19H22NO4S+. The van der Waals surface area contributed by atoms with E-state index in [-0.39, 0.29) is 12.8 Å². The van der Waals surface area contributed by atoms with Crippen LogP contribution in [0.3, 0.4) is 0 Å². The molecule has 132 valence electrons. The molecule has 2 aromatic rings. The fraction of sp³-hybridized carbons (Fsp3) is 0.474. The van der Waals surface area contributed by atoms with Gasteiger partial charge in [-0.05, 0) is 31.6 Å². The summed E-state index contributed by atoms with van der Waals surface area (Å²) in [6.07, 6.45) is 4.46. The fourth-order valence-corrected chi connectivity index (χ4v) is 4.06. The Morgan fingerprint density at radius 1 is 1.28 bits per heavy atom. The largest absolute Gasteiger partial charge is 0.462 e. The van der Waals surface area contributed by atoms with Gasteiger partial charge in [0.2, 0.25) is 12.3 Å². The minimum absolute atomic E-state index is 0.245. The summed E-state index contributed by atoms with van der Waals surface area (Å²) >= 11 is 1.66. The van der Waals surface area contributed by atoms with E-state index in [9.17, 15) is 4.79 Å². The Morgan fingerprint density at radius 2 is 2.04 bits per heavy atom. The molecule has 1 aliphatic carbocycles. The van der Waals surface area contributed by atoms with E-state index in [1.54, 1.807) is 11.8 Å². The Labute approximate surface area is 151 Å². The molecule has 0 atom stereocenters. The van der Waals surface area contributed by atoms with Crippen molar-refractivity contribution in [3.8, 4) is 11.5 Å². The van der Waals surface area contributed by atoms with Crippen LogP contribution in [-0.4, -0.2) is 25.1 Å². The van der Waals surface area contributed by atoms with Crippen LogP contribution in [0.4, 0.5) is 0 Å². The highest BCUT2D eigenvalue weighted by molar-refractivity contribution is 7.99. The summed E-state index contributed by atoms with van der Waals surface area (Å²) < 4.78 is 18.6. The summed E-state index contributed by atoms with van der Waals surface area (Å²) in [5, 5.41) is 1.03. The smallest absolute Gasteiger partial charge is 0.345 e. The van der Waals surface area contributed by atoms with Gasteiger partial charge in [-0.3, -0.25) is 0 Å². The quantitative estimate of drug-likeness (QED) is 0.448. The minimum atomic E-state index is -0.262. The molecule has 6 heteroatoms. The lowest BCUT2D eigenvalue weighted by molar-refractivity contribution is -0.675. The maximum absolute atomic E-state index is 12.6. The van der Waals surface area contributed by atoms with Gasteiger partial charge in [0.1, 0.15) is 5.56 Å². The number of carbonyl (C=O) groups is 1. The molecule has 0 spiro atoms. The van der Waals surface area contributed by atoms with Gasteiger partial charge >= 0.3 is 5.97 Å². The van der Waals surface area contributed by atoms with E-state index in [1.165, 1.54) is 12.8 Å². The highest BCUT2D eigenvalue weighted by Crippen LogP contribution is 2.40. The predicted octanol–water partition coefficient (Wildman–Crippen LogP) is 3.55. The molecule has 0 unspecified atom stereocenters. The minimum Gasteiger partial charge on any atom is -0.462 e. The number of thioether (sulfide) groups is 1. The summed E-state index contributed by atoms with van der Waals surface area (Å²) in [5.41, 5.74) is 1.72. The highest BCUT2D eigenvalue weighted by Gasteiger charge is 2.31. The van der Waals surface area contributed by atoms with Crippen LogP contribution in [0.15, 0.2) is 23.2 Å². The maximum Gasteiger partial charge on any atom is 0.345 e. The van der Waals surface area contributed by atoms with Crippen LogP contribution in [0, 0.1) is 5.92 Å². The topological polar surface area (TPSA) is 48.6 Å². The molecule has 0 saturated heterocycles. The van der Waals surface area contributed by atoms with Crippen LogP contribution in [0.2, 0.25) is 0 Å². The molecule has 1 fully saturated rings. The lowest BCUT2D eigenvalue weighted by Gasteiger charge is -2.12. The number of pyridine rings is 1. The maximum atomic E-state index is 12.6. The van der Waals surface area contributed by atoms with Crippen molar-refractivity contribution in [2.24, 2.45) is 5.92 Å². The van der Waals surface area contributed by atoms with Gasteiger partial charge in [0.25, 0.3) is 0 Å². The van der Waals surface area contributed by atoms with Crippen LogP contribution < -0.4 is 14.0 Å². The third-order valence-electron chi connectivity index (χ3n) is 4.51. The molecule has 1 aromatic heterocycles. The van der Waals surface area contributed by atoms with Crippen LogP contribution in [0.1, 0.15) is 37.0 Å². The Balaban J connectivity index is 1.94. The number of esters is 1. The van der Waals surface area contributed by atoms with Gasteiger partial charge in [0.15, 0.2) is 24.2 Å². The number of hydrogen-bond donors (Lipinski definition) is 0. The van der Waals surface area contributed by atoms with Crippen LogP contribution in [0.5, 0.6) is 11.5 Å². The molecule has 5 nitrogen and oxygen atoms in total. The van der Waals surface area contributed by atoms with Crippen LogP contribution in [0.25, 0.3) is 10.9 Å². The lowest BCUT2D eigenvalue weighted by atomic mass is 10.1. The molecule has 4 rings (SSSR count). The first-order valence-corrected chi connectivity index (χ1v) is 9.79. The van der Waals surface area contributed by atoms with E-state index >= 15 is 0 Å². The number of aromatic nitrogens is 1. The number of hydrogen-bond acceptors (Lipinski definition) is 5. The van der Waals surface area contributed by atoms with Crippen molar-refractivity contribution in [3.05, 3.63) is 23.9 Å². The third kappa shape index (κ3) is 3.15. The summed E-state index contributed by atoms with van der Waals surface area (Å²) in [7, 11) is 0. The molecule has 1 aromatic carbocycles. The number of nitrogens with zero attached hydrogens (tertiary/aromatic N) is 1. The van der Waals surface area contributed by atoms with E-state index in [1.807, 2.05) is 25.3 Å². The standard InChI is InChI=1S/C19H22NO4S/c1-3-22-19(21)14-10-20(9-12-5-6-12)15-8-17-16(23-11-24-17)7-13(15)18(14)25-4-2/h7-8,10,12H,3-6,9,11H2,1-2H3/q+1. The molecule has 1 aliphatic heterocycles. The molecular weight excluding hydrogens is 338 g/mol. The van der Waals surface area contributed by atoms with Crippen molar-refractivity contribution in [3.63, 3.8) is 0 Å². The first-order valence-electron chi connectivity index (χ1n) is 8.81. The van der Waals surface area contributed by atoms with Gasteiger partial charge in [-0.1, -0.05) is 6.92 Å². The molecule has 2 aliphatic rings. The molecule has 0 N–H and O–H groups in total. The second-order valence-corrected chi connectivity index (χ2v) is 7.62. The van der Waals surface area contributed by atoms with Crippen molar-refractivity contribution in [2.75, 3.05) is 19.2 Å². The fourth-order valence-electron chi connectivity index (χ4n) is 3.16. The van der Waals surface area contributed by atoms with Crippen LogP contribution >= 0.6 is 11.8 Å². The zero-order valence-corrected chi connectivity index (χ0v) is 15.4. The zero-order valence-electron chi connectivity index (χ0n) is 14.5. The Hall–Kier alpha value is -1.95. The van der Waals surface area contributed by atoms with Crippen molar-refractivity contribution >= 4 is 28.6 Å². The second kappa shape index (κ2) is 6.75. The monoisotopic (exact) mass is 360 g/mol. The predicted molar refractivity (Wildman–Crippen MR) is 95.3 cm³/mol. The average Bonchev–Trinajstić information content (AvgIpc) is 3.30. The van der Waals surface area contributed by atoms with Crippen molar-refractivity contribution < 1.29 is 23.6 Å². The second-order valence-electron chi connectivity index (χ2n) is 6.34. The van der Waals surface area contributed by atoms with Gasteiger partial charge in [-0.25, -0.2) is 4.79 Å². The normalized spacial score (nSPS) is 15.6. The summed E-state index contributed by atoms with van der Waals surface area (Å²) in [5.74, 6) is 2.82. The van der Waals surface area contributed by atoms with Crippen molar-refractivity contribution in [2.45, 2.75) is 38.1 Å². The van der Waals surface area contributed by atoms with Crippen LogP contribution in [-0.2, 0) is 11.3 Å². The number of fused-ring (bicyclic) bond motifs is 2. The molecule has 0 bridgehead atoms. The Bertz CT molecular complexity index is 832. The van der Waals surface area contributed by atoms with Gasteiger partial charge in [0.05, 0.1) is 18.1 Å². The molecule has 1 saturated carbocycles. The summed E-state index contributed by atoms with van der Waals surface area (Å²) in [4.78, 5) is 13.5. The molecule has 0 radical (unpaired) electrons. The van der Waals surface area contributed by atoms with E-state index in [0.29, 0.717) is 18.1 Å². The van der Waals surface area contributed by atoms with E-state index in [0.717, 1.165) is 39.6 Å². The van der Waals surface area contributed by atoms with Gasteiger partial charge in [-0.15, -0.1) is 11.8 Å². The van der Waals surface area contributed by atoms with Gasteiger partial charge in [-0.2, -0.15) is 4.57 Å². The molecule has 25 heavy (non-hydrogen) atoms.